The maximum absolute atomic E-state index is 13.4. The molecule has 4 nitrogen and oxygen atoms in total. The molecule has 0 aromatic heterocycles. The number of hydrogen-bond donors (Lipinski definition) is 1. The van der Waals surface area contributed by atoms with Crippen LogP contribution in [0.5, 0.6) is 0 Å². The molecule has 2 amide bonds. The minimum atomic E-state index is -0.417. The first kappa shape index (κ1) is 18.6. The van der Waals surface area contributed by atoms with Gasteiger partial charge in [0.15, 0.2) is 0 Å². The van der Waals surface area contributed by atoms with Crippen molar-refractivity contribution in [1.82, 2.24) is 0 Å². The Morgan fingerprint density at radius 2 is 1.72 bits per heavy atom. The zero-order valence-corrected chi connectivity index (χ0v) is 15.0. The highest BCUT2D eigenvalue weighted by Crippen LogP contribution is 2.22. The topological polar surface area (TPSA) is 49.4 Å². The van der Waals surface area contributed by atoms with Gasteiger partial charge in [0.1, 0.15) is 5.82 Å². The van der Waals surface area contributed by atoms with Crippen molar-refractivity contribution < 1.29 is 14.0 Å². The average molecular weight is 342 g/mol. The second-order valence-electron chi connectivity index (χ2n) is 6.22. The van der Waals surface area contributed by atoms with Crippen LogP contribution in [0, 0.1) is 26.6 Å². The fraction of sp³-hybridized carbons (Fsp3) is 0.300. The molecule has 0 radical (unpaired) electrons. The molecule has 0 heterocycles. The number of hydrogen-bond acceptors (Lipinski definition) is 2. The molecule has 25 heavy (non-hydrogen) atoms. The van der Waals surface area contributed by atoms with Crippen molar-refractivity contribution in [3.63, 3.8) is 0 Å². The minimum Gasteiger partial charge on any atom is -0.326 e. The normalized spacial score (nSPS) is 10.4. The number of aryl methyl sites for hydroxylation is 3. The van der Waals surface area contributed by atoms with Crippen molar-refractivity contribution in [3.05, 3.63) is 58.9 Å². The summed E-state index contributed by atoms with van der Waals surface area (Å²) in [5, 5.41) is 2.91. The molecule has 0 spiro atoms. The third-order valence-electron chi connectivity index (χ3n) is 4.00. The van der Waals surface area contributed by atoms with Gasteiger partial charge in [-0.25, -0.2) is 4.39 Å². The molecule has 0 aliphatic carbocycles. The maximum atomic E-state index is 13.4. The minimum absolute atomic E-state index is 0.128. The van der Waals surface area contributed by atoms with Gasteiger partial charge in [-0.05, 0) is 50.1 Å². The Morgan fingerprint density at radius 3 is 2.28 bits per heavy atom. The molecule has 5 heteroatoms. The average Bonchev–Trinajstić information content (AvgIpc) is 2.51. The number of benzene rings is 2. The number of rotatable bonds is 5. The molecular weight excluding hydrogens is 319 g/mol. The van der Waals surface area contributed by atoms with E-state index in [1.54, 1.807) is 12.1 Å². The first-order chi connectivity index (χ1) is 11.8. The van der Waals surface area contributed by atoms with Crippen molar-refractivity contribution in [3.8, 4) is 0 Å². The van der Waals surface area contributed by atoms with Crippen LogP contribution in [0.4, 0.5) is 15.8 Å². The smallest absolute Gasteiger partial charge is 0.226 e. The van der Waals surface area contributed by atoms with E-state index in [0.717, 1.165) is 22.4 Å². The molecule has 2 aromatic carbocycles. The van der Waals surface area contributed by atoms with Crippen LogP contribution in [0.3, 0.4) is 0 Å². The van der Waals surface area contributed by atoms with Crippen molar-refractivity contribution >= 4 is 23.2 Å². The van der Waals surface area contributed by atoms with Gasteiger partial charge in [0.05, 0.1) is 0 Å². The lowest BCUT2D eigenvalue weighted by Gasteiger charge is -2.21. The van der Waals surface area contributed by atoms with E-state index in [-0.39, 0.29) is 24.8 Å². The molecule has 0 aliphatic heterocycles. The van der Waals surface area contributed by atoms with E-state index in [0.29, 0.717) is 5.69 Å². The van der Waals surface area contributed by atoms with Crippen LogP contribution in [0.25, 0.3) is 0 Å². The van der Waals surface area contributed by atoms with E-state index in [9.17, 15) is 14.0 Å². The summed E-state index contributed by atoms with van der Waals surface area (Å²) in [5.74, 6) is -0.835. The lowest BCUT2D eigenvalue weighted by Crippen LogP contribution is -2.32. The summed E-state index contributed by atoms with van der Waals surface area (Å²) in [6.45, 7) is 7.50. The number of halogens is 1. The second-order valence-corrected chi connectivity index (χ2v) is 6.22. The third kappa shape index (κ3) is 4.89. The Hall–Kier alpha value is -2.69. The van der Waals surface area contributed by atoms with E-state index >= 15 is 0 Å². The number of carbonyl (C=O) groups is 2. The van der Waals surface area contributed by atoms with E-state index < -0.39 is 5.82 Å². The van der Waals surface area contributed by atoms with Crippen molar-refractivity contribution in [2.75, 3.05) is 16.8 Å². The molecule has 132 valence electrons. The summed E-state index contributed by atoms with van der Waals surface area (Å²) in [4.78, 5) is 25.5. The third-order valence-corrected chi connectivity index (χ3v) is 4.00. The molecule has 0 atom stereocenters. The van der Waals surface area contributed by atoms with Crippen LogP contribution in [0.2, 0.25) is 0 Å². The molecule has 1 N–H and O–H groups in total. The Labute approximate surface area is 147 Å². The maximum Gasteiger partial charge on any atom is 0.226 e. The first-order valence-electron chi connectivity index (χ1n) is 8.19. The Balaban J connectivity index is 2.06. The quantitative estimate of drug-likeness (QED) is 0.888. The van der Waals surface area contributed by atoms with E-state index in [4.69, 9.17) is 0 Å². The van der Waals surface area contributed by atoms with Crippen LogP contribution in [-0.4, -0.2) is 18.4 Å². The fourth-order valence-electron chi connectivity index (χ4n) is 2.90. The van der Waals surface area contributed by atoms with Gasteiger partial charge in [-0.1, -0.05) is 23.8 Å². The van der Waals surface area contributed by atoms with Gasteiger partial charge in [-0.15, -0.1) is 0 Å². The van der Waals surface area contributed by atoms with E-state index in [1.165, 1.54) is 24.0 Å². The first-order valence-corrected chi connectivity index (χ1v) is 8.19. The molecule has 0 saturated heterocycles. The molecule has 2 aromatic rings. The Morgan fingerprint density at radius 1 is 1.08 bits per heavy atom. The summed E-state index contributed by atoms with van der Waals surface area (Å²) in [6, 6.07) is 9.82. The predicted octanol–water partition coefficient (Wildman–Crippen LogP) is 4.13. The SMILES string of the molecule is CC(=O)N(CCC(=O)Nc1c(C)cc(C)cc1C)c1cccc(F)c1. The van der Waals surface area contributed by atoms with Gasteiger partial charge in [-0.3, -0.25) is 9.59 Å². The summed E-state index contributed by atoms with van der Waals surface area (Å²) in [7, 11) is 0. The highest BCUT2D eigenvalue weighted by atomic mass is 19.1. The van der Waals surface area contributed by atoms with Crippen LogP contribution in [0.1, 0.15) is 30.0 Å². The second kappa shape index (κ2) is 7.92. The molecule has 2 rings (SSSR count). The number of nitrogens with zero attached hydrogens (tertiary/aromatic N) is 1. The standard InChI is InChI=1S/C20H23FN2O2/c1-13-10-14(2)20(15(3)11-13)22-19(25)8-9-23(16(4)24)18-7-5-6-17(21)12-18/h5-7,10-12H,8-9H2,1-4H3,(H,22,25). The highest BCUT2D eigenvalue weighted by molar-refractivity contribution is 5.95. The van der Waals surface area contributed by atoms with E-state index in [2.05, 4.69) is 5.32 Å². The van der Waals surface area contributed by atoms with Crippen molar-refractivity contribution in [2.45, 2.75) is 34.1 Å². The van der Waals surface area contributed by atoms with Gasteiger partial charge >= 0.3 is 0 Å². The Bertz CT molecular complexity index is 779. The predicted molar refractivity (Wildman–Crippen MR) is 98.3 cm³/mol. The zero-order chi connectivity index (χ0) is 18.6. The van der Waals surface area contributed by atoms with Gasteiger partial charge in [0, 0.05) is 31.3 Å². The summed E-state index contributed by atoms with van der Waals surface area (Å²) < 4.78 is 13.4. The largest absolute Gasteiger partial charge is 0.326 e. The molecule has 0 bridgehead atoms. The van der Waals surface area contributed by atoms with Gasteiger partial charge in [0.2, 0.25) is 11.8 Å². The summed E-state index contributed by atoms with van der Waals surface area (Å²) >= 11 is 0. The van der Waals surface area contributed by atoms with Gasteiger partial charge < -0.3 is 10.2 Å². The van der Waals surface area contributed by atoms with Gasteiger partial charge in [-0.2, -0.15) is 0 Å². The molecular formula is C20H23FN2O2. The molecule has 0 fully saturated rings. The van der Waals surface area contributed by atoms with Crippen LogP contribution < -0.4 is 10.2 Å². The fourth-order valence-corrected chi connectivity index (χ4v) is 2.90. The summed E-state index contributed by atoms with van der Waals surface area (Å²) in [6.07, 6.45) is 0.128. The molecule has 0 saturated carbocycles. The monoisotopic (exact) mass is 342 g/mol. The number of carbonyl (C=O) groups excluding carboxylic acids is 2. The van der Waals surface area contributed by atoms with Crippen molar-refractivity contribution in [1.29, 1.82) is 0 Å². The molecule has 0 unspecified atom stereocenters. The highest BCUT2D eigenvalue weighted by Gasteiger charge is 2.15. The van der Waals surface area contributed by atoms with Crippen LogP contribution in [-0.2, 0) is 9.59 Å². The van der Waals surface area contributed by atoms with Crippen molar-refractivity contribution in [2.24, 2.45) is 0 Å². The number of anilines is 2. The summed E-state index contributed by atoms with van der Waals surface area (Å²) in [5.41, 5.74) is 4.39. The van der Waals surface area contributed by atoms with Crippen LogP contribution in [0.15, 0.2) is 36.4 Å². The number of amides is 2. The van der Waals surface area contributed by atoms with E-state index in [1.807, 2.05) is 32.9 Å². The Kier molecular flexibility index (Phi) is 5.91. The lowest BCUT2D eigenvalue weighted by molar-refractivity contribution is -0.117. The lowest BCUT2D eigenvalue weighted by atomic mass is 10.0. The van der Waals surface area contributed by atoms with Gasteiger partial charge in [0.25, 0.3) is 0 Å². The zero-order valence-electron chi connectivity index (χ0n) is 15.0. The molecule has 0 aliphatic rings. The number of nitrogens with one attached hydrogen (secondary N) is 1. The van der Waals surface area contributed by atoms with Crippen LogP contribution >= 0.6 is 0 Å².